The summed E-state index contributed by atoms with van der Waals surface area (Å²) in [5.74, 6) is 2.15. The van der Waals surface area contributed by atoms with Crippen LogP contribution in [0.25, 0.3) is 0 Å². The van der Waals surface area contributed by atoms with Gasteiger partial charge in [0.1, 0.15) is 11.6 Å². The third kappa shape index (κ3) is 3.85. The van der Waals surface area contributed by atoms with E-state index in [9.17, 15) is 0 Å². The van der Waals surface area contributed by atoms with Crippen molar-refractivity contribution in [3.05, 3.63) is 11.9 Å². The number of nitrogens with two attached hydrogens (primary N) is 1. The molecule has 0 aliphatic rings. The van der Waals surface area contributed by atoms with Crippen molar-refractivity contribution in [2.24, 2.45) is 11.1 Å². The second-order valence-electron chi connectivity index (χ2n) is 5.04. The molecule has 2 N–H and O–H groups in total. The highest BCUT2D eigenvalue weighted by Crippen LogP contribution is 2.21. The van der Waals surface area contributed by atoms with Gasteiger partial charge in [-0.15, -0.1) is 0 Å². The van der Waals surface area contributed by atoms with Crippen LogP contribution in [0.4, 0.5) is 5.82 Å². The normalized spacial score (nSPS) is 11.4. The zero-order chi connectivity index (χ0) is 13.1. The maximum absolute atomic E-state index is 5.73. The summed E-state index contributed by atoms with van der Waals surface area (Å²) in [5, 5.41) is 0. The molecule has 1 heterocycles. The first-order valence-corrected chi connectivity index (χ1v) is 5.69. The van der Waals surface area contributed by atoms with E-state index in [0.29, 0.717) is 18.2 Å². The fourth-order valence-corrected chi connectivity index (χ4v) is 1.61. The Kier molecular flexibility index (Phi) is 4.28. The van der Waals surface area contributed by atoms with Gasteiger partial charge in [-0.25, -0.2) is 4.98 Å². The van der Waals surface area contributed by atoms with Crippen molar-refractivity contribution in [1.29, 1.82) is 0 Å². The van der Waals surface area contributed by atoms with E-state index in [0.717, 1.165) is 12.4 Å². The number of aromatic nitrogens is 2. The Bertz CT molecular complexity index is 379. The SMILES string of the molecule is COc1cc(N(C)CC(C)(C)CN)nc(C)n1. The van der Waals surface area contributed by atoms with Crippen LogP contribution in [0, 0.1) is 12.3 Å². The van der Waals surface area contributed by atoms with E-state index >= 15 is 0 Å². The zero-order valence-corrected chi connectivity index (χ0v) is 11.3. The molecule has 0 spiro atoms. The van der Waals surface area contributed by atoms with Gasteiger partial charge in [0.2, 0.25) is 5.88 Å². The molecule has 96 valence electrons. The number of rotatable bonds is 5. The smallest absolute Gasteiger partial charge is 0.218 e. The van der Waals surface area contributed by atoms with E-state index in [4.69, 9.17) is 10.5 Å². The predicted octanol–water partition coefficient (Wildman–Crippen LogP) is 1.21. The lowest BCUT2D eigenvalue weighted by atomic mass is 9.93. The van der Waals surface area contributed by atoms with Crippen LogP contribution in [0.15, 0.2) is 6.07 Å². The first-order chi connectivity index (χ1) is 7.88. The molecule has 0 fully saturated rings. The summed E-state index contributed by atoms with van der Waals surface area (Å²) in [5.41, 5.74) is 5.79. The van der Waals surface area contributed by atoms with E-state index in [-0.39, 0.29) is 5.41 Å². The Hall–Kier alpha value is -1.36. The second kappa shape index (κ2) is 5.31. The summed E-state index contributed by atoms with van der Waals surface area (Å²) in [7, 11) is 3.61. The molecule has 0 amide bonds. The van der Waals surface area contributed by atoms with Crippen molar-refractivity contribution < 1.29 is 4.74 Å². The van der Waals surface area contributed by atoms with Crippen molar-refractivity contribution in [2.45, 2.75) is 20.8 Å². The van der Waals surface area contributed by atoms with Crippen molar-refractivity contribution in [3.8, 4) is 5.88 Å². The summed E-state index contributed by atoms with van der Waals surface area (Å²) in [4.78, 5) is 10.6. The fraction of sp³-hybridized carbons (Fsp3) is 0.667. The van der Waals surface area contributed by atoms with E-state index in [1.54, 1.807) is 7.11 Å². The molecular formula is C12H22N4O. The summed E-state index contributed by atoms with van der Waals surface area (Å²) >= 11 is 0. The van der Waals surface area contributed by atoms with Gasteiger partial charge in [0.15, 0.2) is 0 Å². The minimum absolute atomic E-state index is 0.0564. The Labute approximate surface area is 103 Å². The summed E-state index contributed by atoms with van der Waals surface area (Å²) < 4.78 is 5.14. The third-order valence-corrected chi connectivity index (χ3v) is 2.62. The molecule has 0 unspecified atom stereocenters. The highest BCUT2D eigenvalue weighted by atomic mass is 16.5. The number of hydrogen-bond donors (Lipinski definition) is 1. The maximum atomic E-state index is 5.73. The summed E-state index contributed by atoms with van der Waals surface area (Å²) in [6, 6.07) is 1.83. The molecule has 1 rings (SSSR count). The second-order valence-corrected chi connectivity index (χ2v) is 5.04. The third-order valence-electron chi connectivity index (χ3n) is 2.62. The molecule has 5 heteroatoms. The van der Waals surface area contributed by atoms with Crippen LogP contribution >= 0.6 is 0 Å². The minimum atomic E-state index is 0.0564. The molecular weight excluding hydrogens is 216 g/mol. The topological polar surface area (TPSA) is 64.3 Å². The van der Waals surface area contributed by atoms with Gasteiger partial charge < -0.3 is 15.4 Å². The van der Waals surface area contributed by atoms with E-state index in [1.165, 1.54) is 0 Å². The molecule has 5 nitrogen and oxygen atoms in total. The molecule has 0 saturated heterocycles. The van der Waals surface area contributed by atoms with Crippen molar-refractivity contribution in [3.63, 3.8) is 0 Å². The van der Waals surface area contributed by atoms with Crippen molar-refractivity contribution in [1.82, 2.24) is 9.97 Å². The standard InChI is InChI=1S/C12H22N4O/c1-9-14-10(6-11(15-9)17-5)16(4)8-12(2,3)7-13/h6H,7-8,13H2,1-5H3. The van der Waals surface area contributed by atoms with Gasteiger partial charge in [-0.1, -0.05) is 13.8 Å². The Morgan fingerprint density at radius 1 is 1.41 bits per heavy atom. The van der Waals surface area contributed by atoms with Gasteiger partial charge in [-0.2, -0.15) is 4.98 Å². The Morgan fingerprint density at radius 2 is 2.06 bits per heavy atom. The molecule has 0 radical (unpaired) electrons. The molecule has 0 aromatic carbocycles. The number of hydrogen-bond acceptors (Lipinski definition) is 5. The van der Waals surface area contributed by atoms with E-state index in [1.807, 2.05) is 20.0 Å². The van der Waals surface area contributed by atoms with Crippen LogP contribution in [0.5, 0.6) is 5.88 Å². The van der Waals surface area contributed by atoms with Gasteiger partial charge >= 0.3 is 0 Å². The van der Waals surface area contributed by atoms with E-state index < -0.39 is 0 Å². The Morgan fingerprint density at radius 3 is 2.59 bits per heavy atom. The quantitative estimate of drug-likeness (QED) is 0.835. The molecule has 17 heavy (non-hydrogen) atoms. The van der Waals surface area contributed by atoms with Gasteiger partial charge in [0, 0.05) is 19.7 Å². The molecule has 0 saturated carbocycles. The van der Waals surface area contributed by atoms with Crippen LogP contribution in [-0.4, -0.2) is 37.2 Å². The lowest BCUT2D eigenvalue weighted by molar-refractivity contribution is 0.381. The number of nitrogens with zero attached hydrogens (tertiary/aromatic N) is 3. The van der Waals surface area contributed by atoms with E-state index in [2.05, 4.69) is 28.7 Å². The highest BCUT2D eigenvalue weighted by molar-refractivity contribution is 5.41. The van der Waals surface area contributed by atoms with Gasteiger partial charge in [0.05, 0.1) is 7.11 Å². The Balaban J connectivity index is 2.88. The fourth-order valence-electron chi connectivity index (χ4n) is 1.61. The van der Waals surface area contributed by atoms with Gasteiger partial charge in [0.25, 0.3) is 0 Å². The molecule has 1 aromatic heterocycles. The van der Waals surface area contributed by atoms with Crippen LogP contribution in [0.3, 0.4) is 0 Å². The molecule has 0 bridgehead atoms. The predicted molar refractivity (Wildman–Crippen MR) is 69.4 cm³/mol. The average molecular weight is 238 g/mol. The first-order valence-electron chi connectivity index (χ1n) is 5.69. The lowest BCUT2D eigenvalue weighted by Crippen LogP contribution is -2.37. The van der Waals surface area contributed by atoms with Gasteiger partial charge in [-0.3, -0.25) is 0 Å². The number of ether oxygens (including phenoxy) is 1. The summed E-state index contributed by atoms with van der Waals surface area (Å²) in [6.45, 7) is 7.60. The molecule has 1 aromatic rings. The first kappa shape index (κ1) is 13.7. The molecule has 0 atom stereocenters. The number of aryl methyl sites for hydroxylation is 1. The van der Waals surface area contributed by atoms with Crippen LogP contribution in [0.2, 0.25) is 0 Å². The van der Waals surface area contributed by atoms with Crippen LogP contribution < -0.4 is 15.4 Å². The zero-order valence-electron chi connectivity index (χ0n) is 11.3. The van der Waals surface area contributed by atoms with Crippen LogP contribution in [0.1, 0.15) is 19.7 Å². The van der Waals surface area contributed by atoms with Crippen molar-refractivity contribution >= 4 is 5.82 Å². The minimum Gasteiger partial charge on any atom is -0.481 e. The molecule has 0 aliphatic heterocycles. The average Bonchev–Trinajstić information content (AvgIpc) is 2.27. The number of methoxy groups -OCH3 is 1. The van der Waals surface area contributed by atoms with Gasteiger partial charge in [-0.05, 0) is 18.9 Å². The monoisotopic (exact) mass is 238 g/mol. The van der Waals surface area contributed by atoms with Crippen molar-refractivity contribution in [2.75, 3.05) is 32.1 Å². The lowest BCUT2D eigenvalue weighted by Gasteiger charge is -2.29. The molecule has 0 aliphatic carbocycles. The largest absolute Gasteiger partial charge is 0.481 e. The number of anilines is 1. The van der Waals surface area contributed by atoms with Crippen LogP contribution in [-0.2, 0) is 0 Å². The maximum Gasteiger partial charge on any atom is 0.218 e. The summed E-state index contributed by atoms with van der Waals surface area (Å²) in [6.07, 6.45) is 0. The highest BCUT2D eigenvalue weighted by Gasteiger charge is 2.19.